The predicted octanol–water partition coefficient (Wildman–Crippen LogP) is 3.74. The molecule has 0 unspecified atom stereocenters. The Kier molecular flexibility index (Phi) is 6.70. The van der Waals surface area contributed by atoms with Crippen molar-refractivity contribution in [2.24, 2.45) is 0 Å². The van der Waals surface area contributed by atoms with E-state index in [9.17, 15) is 9.59 Å². The molecule has 1 aliphatic heterocycles. The van der Waals surface area contributed by atoms with E-state index in [1.807, 2.05) is 30.0 Å². The number of aryl methyl sites for hydroxylation is 2. The minimum atomic E-state index is -0.0297. The topological polar surface area (TPSA) is 52.7 Å². The quantitative estimate of drug-likeness (QED) is 0.851. The second-order valence-electron chi connectivity index (χ2n) is 7.28. The second kappa shape index (κ2) is 9.22. The Balaban J connectivity index is 1.54. The molecular weight excluding hydrogens is 374 g/mol. The summed E-state index contributed by atoms with van der Waals surface area (Å²) >= 11 is 6.00. The van der Waals surface area contributed by atoms with Crippen LogP contribution in [-0.4, -0.2) is 54.3 Å². The van der Waals surface area contributed by atoms with Gasteiger partial charge in [-0.2, -0.15) is 0 Å². The first-order chi connectivity index (χ1) is 13.4. The van der Waals surface area contributed by atoms with Crippen LogP contribution in [0, 0.1) is 13.8 Å². The Morgan fingerprint density at radius 1 is 1.00 bits per heavy atom. The molecule has 3 rings (SSSR count). The number of carbonyl (C=O) groups excluding carboxylic acids is 2. The lowest BCUT2D eigenvalue weighted by Crippen LogP contribution is -2.38. The monoisotopic (exact) mass is 399 g/mol. The van der Waals surface area contributed by atoms with Gasteiger partial charge in [0.2, 0.25) is 5.91 Å². The molecule has 0 aromatic heterocycles. The van der Waals surface area contributed by atoms with Gasteiger partial charge in [0.1, 0.15) is 0 Å². The van der Waals surface area contributed by atoms with Gasteiger partial charge in [-0.15, -0.1) is 0 Å². The third-order valence-electron chi connectivity index (χ3n) is 5.11. The van der Waals surface area contributed by atoms with Crippen LogP contribution in [0.15, 0.2) is 42.5 Å². The minimum absolute atomic E-state index is 0.0102. The molecule has 1 fully saturated rings. The first kappa shape index (κ1) is 20.4. The molecule has 0 bridgehead atoms. The first-order valence-corrected chi connectivity index (χ1v) is 9.94. The van der Waals surface area contributed by atoms with Crippen LogP contribution in [0.3, 0.4) is 0 Å². The molecule has 0 spiro atoms. The highest BCUT2D eigenvalue weighted by atomic mass is 35.5. The van der Waals surface area contributed by atoms with Crippen molar-refractivity contribution in [3.8, 4) is 0 Å². The van der Waals surface area contributed by atoms with E-state index in [0.29, 0.717) is 36.8 Å². The highest BCUT2D eigenvalue weighted by Crippen LogP contribution is 2.16. The number of nitrogens with zero attached hydrogens (tertiary/aromatic N) is 2. The van der Waals surface area contributed by atoms with Crippen LogP contribution in [0.4, 0.5) is 5.69 Å². The lowest BCUT2D eigenvalue weighted by molar-refractivity contribution is -0.117. The lowest BCUT2D eigenvalue weighted by atomic mass is 10.1. The summed E-state index contributed by atoms with van der Waals surface area (Å²) in [7, 11) is 0. The smallest absolute Gasteiger partial charge is 0.253 e. The number of hydrogen-bond donors (Lipinski definition) is 1. The van der Waals surface area contributed by atoms with Crippen molar-refractivity contribution < 1.29 is 9.59 Å². The molecule has 0 aliphatic carbocycles. The van der Waals surface area contributed by atoms with Gasteiger partial charge in [0, 0.05) is 42.5 Å². The standard InChI is InChI=1S/C22H26ClN3O2/c1-16-7-8-20(13-17(16)2)24-21(27)15-25-9-4-10-26(12-11-25)22(28)18-5-3-6-19(23)14-18/h3,5-8,13-14H,4,9-12,15H2,1-2H3,(H,24,27). The van der Waals surface area contributed by atoms with E-state index in [1.165, 1.54) is 5.56 Å². The van der Waals surface area contributed by atoms with Gasteiger partial charge in [0.25, 0.3) is 5.91 Å². The van der Waals surface area contributed by atoms with E-state index in [-0.39, 0.29) is 11.8 Å². The fourth-order valence-electron chi connectivity index (χ4n) is 3.36. The summed E-state index contributed by atoms with van der Waals surface area (Å²) in [4.78, 5) is 29.1. The van der Waals surface area contributed by atoms with E-state index in [4.69, 9.17) is 11.6 Å². The average molecular weight is 400 g/mol. The van der Waals surface area contributed by atoms with E-state index in [0.717, 1.165) is 24.2 Å². The Hall–Kier alpha value is -2.37. The van der Waals surface area contributed by atoms with Gasteiger partial charge in [-0.3, -0.25) is 14.5 Å². The van der Waals surface area contributed by atoms with Crippen LogP contribution in [0.25, 0.3) is 0 Å². The number of amides is 2. The summed E-state index contributed by atoms with van der Waals surface area (Å²) in [6, 6.07) is 13.0. The Bertz CT molecular complexity index is 869. The first-order valence-electron chi connectivity index (χ1n) is 9.56. The van der Waals surface area contributed by atoms with Crippen LogP contribution >= 0.6 is 11.6 Å². The largest absolute Gasteiger partial charge is 0.337 e. The van der Waals surface area contributed by atoms with Crippen molar-refractivity contribution in [2.75, 3.05) is 38.0 Å². The summed E-state index contributed by atoms with van der Waals surface area (Å²) < 4.78 is 0. The van der Waals surface area contributed by atoms with Crippen LogP contribution < -0.4 is 5.32 Å². The summed E-state index contributed by atoms with van der Waals surface area (Å²) in [5, 5.41) is 3.53. The molecule has 0 saturated carbocycles. The van der Waals surface area contributed by atoms with E-state index in [1.54, 1.807) is 24.3 Å². The number of rotatable bonds is 4. The van der Waals surface area contributed by atoms with Gasteiger partial charge < -0.3 is 10.2 Å². The zero-order valence-electron chi connectivity index (χ0n) is 16.4. The van der Waals surface area contributed by atoms with E-state index in [2.05, 4.69) is 17.1 Å². The normalized spacial score (nSPS) is 15.2. The van der Waals surface area contributed by atoms with Crippen molar-refractivity contribution in [2.45, 2.75) is 20.3 Å². The molecule has 1 aliphatic rings. The van der Waals surface area contributed by atoms with Gasteiger partial charge in [0.05, 0.1) is 6.54 Å². The highest BCUT2D eigenvalue weighted by molar-refractivity contribution is 6.30. The number of carbonyl (C=O) groups is 2. The van der Waals surface area contributed by atoms with E-state index < -0.39 is 0 Å². The number of benzene rings is 2. The maximum atomic E-state index is 12.7. The number of anilines is 1. The summed E-state index contributed by atoms with van der Waals surface area (Å²) in [5.41, 5.74) is 3.78. The van der Waals surface area contributed by atoms with Gasteiger partial charge in [0.15, 0.2) is 0 Å². The maximum absolute atomic E-state index is 12.7. The predicted molar refractivity (Wildman–Crippen MR) is 113 cm³/mol. The molecule has 1 N–H and O–H groups in total. The molecule has 2 amide bonds. The van der Waals surface area contributed by atoms with E-state index >= 15 is 0 Å². The van der Waals surface area contributed by atoms with Gasteiger partial charge in [-0.25, -0.2) is 0 Å². The number of halogens is 1. The van der Waals surface area contributed by atoms with Crippen LogP contribution in [0.5, 0.6) is 0 Å². The average Bonchev–Trinajstić information content (AvgIpc) is 2.89. The Labute approximate surface area is 171 Å². The molecule has 28 heavy (non-hydrogen) atoms. The molecule has 1 heterocycles. The Morgan fingerprint density at radius 2 is 1.82 bits per heavy atom. The molecule has 1 saturated heterocycles. The molecule has 148 valence electrons. The zero-order chi connectivity index (χ0) is 20.1. The summed E-state index contributed by atoms with van der Waals surface area (Å²) in [6.45, 7) is 7.15. The highest BCUT2D eigenvalue weighted by Gasteiger charge is 2.21. The number of hydrogen-bond acceptors (Lipinski definition) is 3. The zero-order valence-corrected chi connectivity index (χ0v) is 17.1. The van der Waals surface area contributed by atoms with Crippen LogP contribution in [-0.2, 0) is 4.79 Å². The molecular formula is C22H26ClN3O2. The summed E-state index contributed by atoms with van der Waals surface area (Å²) in [6.07, 6.45) is 0.837. The van der Waals surface area contributed by atoms with Crippen molar-refractivity contribution in [3.05, 3.63) is 64.2 Å². The SMILES string of the molecule is Cc1ccc(NC(=O)CN2CCCN(C(=O)c3cccc(Cl)c3)CC2)cc1C. The third-order valence-corrected chi connectivity index (χ3v) is 5.34. The minimum Gasteiger partial charge on any atom is -0.337 e. The molecule has 2 aromatic carbocycles. The molecule has 0 radical (unpaired) electrons. The van der Waals surface area contributed by atoms with Gasteiger partial charge in [-0.1, -0.05) is 23.7 Å². The fourth-order valence-corrected chi connectivity index (χ4v) is 3.55. The Morgan fingerprint density at radius 3 is 2.57 bits per heavy atom. The lowest BCUT2D eigenvalue weighted by Gasteiger charge is -2.22. The van der Waals surface area contributed by atoms with Crippen molar-refractivity contribution in [3.63, 3.8) is 0 Å². The van der Waals surface area contributed by atoms with Gasteiger partial charge in [-0.05, 0) is 61.7 Å². The number of nitrogens with one attached hydrogen (secondary N) is 1. The molecule has 6 heteroatoms. The fraction of sp³-hybridized carbons (Fsp3) is 0.364. The van der Waals surface area contributed by atoms with Gasteiger partial charge >= 0.3 is 0 Å². The van der Waals surface area contributed by atoms with Crippen molar-refractivity contribution in [1.29, 1.82) is 0 Å². The van der Waals surface area contributed by atoms with Crippen LogP contribution in [0.2, 0.25) is 5.02 Å². The van der Waals surface area contributed by atoms with Crippen molar-refractivity contribution in [1.82, 2.24) is 9.80 Å². The van der Waals surface area contributed by atoms with Crippen molar-refractivity contribution >= 4 is 29.1 Å². The maximum Gasteiger partial charge on any atom is 0.253 e. The molecule has 2 aromatic rings. The summed E-state index contributed by atoms with van der Waals surface area (Å²) in [5.74, 6) is -0.0400. The molecule has 5 nitrogen and oxygen atoms in total. The third kappa shape index (κ3) is 5.33. The van der Waals surface area contributed by atoms with Crippen LogP contribution in [0.1, 0.15) is 27.9 Å². The molecule has 0 atom stereocenters. The second-order valence-corrected chi connectivity index (χ2v) is 7.72.